The molecule has 0 spiro atoms. The van der Waals surface area contributed by atoms with Gasteiger partial charge in [-0.2, -0.15) is 4.31 Å². The second kappa shape index (κ2) is 6.12. The van der Waals surface area contributed by atoms with Crippen LogP contribution in [0.15, 0.2) is 11.2 Å². The van der Waals surface area contributed by atoms with E-state index in [2.05, 4.69) is 4.98 Å². The number of hydrogen-bond acceptors (Lipinski definition) is 5. The number of hydrogen-bond donors (Lipinski definition) is 1. The first-order chi connectivity index (χ1) is 9.80. The van der Waals surface area contributed by atoms with Gasteiger partial charge in [-0.1, -0.05) is 0 Å². The molecule has 1 aliphatic rings. The number of imidazole rings is 1. The summed E-state index contributed by atoms with van der Waals surface area (Å²) in [4.78, 5) is 16.6. The maximum absolute atomic E-state index is 12.5. The molecule has 0 bridgehead atoms. The second-order valence-electron chi connectivity index (χ2n) is 5.13. The molecular formula is C12H20N4O4S. The van der Waals surface area contributed by atoms with Crippen molar-refractivity contribution >= 4 is 16.0 Å². The van der Waals surface area contributed by atoms with Crippen LogP contribution in [0.5, 0.6) is 0 Å². The number of aliphatic carboxylic acids is 1. The van der Waals surface area contributed by atoms with Crippen LogP contribution in [0.25, 0.3) is 0 Å². The van der Waals surface area contributed by atoms with Gasteiger partial charge in [-0.25, -0.2) is 13.4 Å². The number of nitrogens with zero attached hydrogens (tertiary/aromatic N) is 4. The molecule has 0 amide bonds. The van der Waals surface area contributed by atoms with Crippen LogP contribution in [0, 0.1) is 6.92 Å². The Kier molecular flexibility index (Phi) is 4.64. The fourth-order valence-corrected chi connectivity index (χ4v) is 3.68. The van der Waals surface area contributed by atoms with Crippen molar-refractivity contribution in [1.29, 1.82) is 0 Å². The molecule has 1 saturated heterocycles. The summed E-state index contributed by atoms with van der Waals surface area (Å²) in [5, 5.41) is 8.73. The van der Waals surface area contributed by atoms with Gasteiger partial charge in [-0.3, -0.25) is 4.79 Å². The SMILES string of the molecule is Cc1nc(S(=O)(=O)N2CCN(CCC(=O)O)CC2)cn1C. The minimum absolute atomic E-state index is 0.0708. The second-order valence-corrected chi connectivity index (χ2v) is 7.01. The lowest BCUT2D eigenvalue weighted by atomic mass is 10.3. The summed E-state index contributed by atoms with van der Waals surface area (Å²) in [6.45, 7) is 4.00. The van der Waals surface area contributed by atoms with E-state index in [1.165, 1.54) is 10.5 Å². The van der Waals surface area contributed by atoms with Gasteiger partial charge in [-0.15, -0.1) is 0 Å². The quantitative estimate of drug-likeness (QED) is 0.787. The standard InChI is InChI=1S/C12H20N4O4S/c1-10-13-11(9-14(10)2)21(19,20)16-7-5-15(6-8-16)4-3-12(17)18/h9H,3-8H2,1-2H3,(H,17,18). The summed E-state index contributed by atoms with van der Waals surface area (Å²) in [6, 6.07) is 0. The van der Waals surface area contributed by atoms with Gasteiger partial charge in [-0.05, 0) is 6.92 Å². The van der Waals surface area contributed by atoms with Crippen LogP contribution in [-0.4, -0.2) is 71.0 Å². The molecule has 1 aliphatic heterocycles. The molecule has 0 aliphatic carbocycles. The van der Waals surface area contributed by atoms with E-state index in [0.717, 1.165) is 0 Å². The Balaban J connectivity index is 1.99. The average Bonchev–Trinajstić information content (AvgIpc) is 2.77. The third-order valence-corrected chi connectivity index (χ3v) is 5.43. The Morgan fingerprint density at radius 2 is 1.95 bits per heavy atom. The minimum atomic E-state index is -3.56. The molecule has 9 heteroatoms. The van der Waals surface area contributed by atoms with E-state index in [-0.39, 0.29) is 11.4 Å². The molecule has 8 nitrogen and oxygen atoms in total. The van der Waals surface area contributed by atoms with E-state index in [1.807, 2.05) is 4.90 Å². The van der Waals surface area contributed by atoms with Crippen LogP contribution in [0.1, 0.15) is 12.2 Å². The molecule has 0 atom stereocenters. The summed E-state index contributed by atoms with van der Waals surface area (Å²) < 4.78 is 28.0. The summed E-state index contributed by atoms with van der Waals surface area (Å²) in [5.41, 5.74) is 0. The van der Waals surface area contributed by atoms with Gasteiger partial charge in [0.25, 0.3) is 10.0 Å². The first-order valence-electron chi connectivity index (χ1n) is 6.75. The molecule has 0 radical (unpaired) electrons. The molecule has 2 heterocycles. The van der Waals surface area contributed by atoms with Gasteiger partial charge in [0.1, 0.15) is 5.82 Å². The van der Waals surface area contributed by atoms with Crippen LogP contribution < -0.4 is 0 Å². The predicted molar refractivity (Wildman–Crippen MR) is 75.4 cm³/mol. The number of aromatic nitrogens is 2. The number of aryl methyl sites for hydroxylation is 2. The summed E-state index contributed by atoms with van der Waals surface area (Å²) in [7, 11) is -1.80. The number of rotatable bonds is 5. The largest absolute Gasteiger partial charge is 0.481 e. The van der Waals surface area contributed by atoms with Crippen molar-refractivity contribution in [3.63, 3.8) is 0 Å². The molecule has 0 saturated carbocycles. The van der Waals surface area contributed by atoms with E-state index in [1.54, 1.807) is 18.5 Å². The molecule has 118 valence electrons. The highest BCUT2D eigenvalue weighted by atomic mass is 32.2. The summed E-state index contributed by atoms with van der Waals surface area (Å²) in [5.74, 6) is -0.192. The van der Waals surface area contributed by atoms with Crippen molar-refractivity contribution in [2.24, 2.45) is 7.05 Å². The maximum atomic E-state index is 12.5. The zero-order valence-electron chi connectivity index (χ0n) is 12.2. The van der Waals surface area contributed by atoms with Gasteiger partial charge in [0.05, 0.1) is 6.42 Å². The molecule has 0 aromatic carbocycles. The highest BCUT2D eigenvalue weighted by molar-refractivity contribution is 7.89. The molecule has 1 aromatic rings. The lowest BCUT2D eigenvalue weighted by Crippen LogP contribution is -2.49. The van der Waals surface area contributed by atoms with Crippen molar-refractivity contribution in [3.05, 3.63) is 12.0 Å². The normalized spacial score (nSPS) is 18.0. The number of sulfonamides is 1. The van der Waals surface area contributed by atoms with Gasteiger partial charge in [0.15, 0.2) is 5.03 Å². The topological polar surface area (TPSA) is 95.7 Å². The number of carboxylic acid groups (broad SMARTS) is 1. The van der Waals surface area contributed by atoms with Crippen molar-refractivity contribution < 1.29 is 18.3 Å². The molecule has 1 N–H and O–H groups in total. The Hall–Kier alpha value is -1.45. The van der Waals surface area contributed by atoms with Crippen LogP contribution in [0.3, 0.4) is 0 Å². The van der Waals surface area contributed by atoms with Crippen molar-refractivity contribution in [1.82, 2.24) is 18.8 Å². The summed E-state index contributed by atoms with van der Waals surface area (Å²) in [6.07, 6.45) is 1.59. The Labute approximate surface area is 124 Å². The molecule has 0 unspecified atom stereocenters. The molecule has 21 heavy (non-hydrogen) atoms. The monoisotopic (exact) mass is 316 g/mol. The summed E-state index contributed by atoms with van der Waals surface area (Å²) >= 11 is 0. The lowest BCUT2D eigenvalue weighted by Gasteiger charge is -2.33. The Morgan fingerprint density at radius 3 is 2.43 bits per heavy atom. The maximum Gasteiger partial charge on any atom is 0.304 e. The first kappa shape index (κ1) is 15.9. The van der Waals surface area contributed by atoms with Crippen LogP contribution in [-0.2, 0) is 21.9 Å². The van der Waals surface area contributed by atoms with Gasteiger partial charge < -0.3 is 14.6 Å². The van der Waals surface area contributed by atoms with Crippen molar-refractivity contribution in [2.45, 2.75) is 18.4 Å². The predicted octanol–water partition coefficient (Wildman–Crippen LogP) is -0.490. The van der Waals surface area contributed by atoms with Crippen LogP contribution in [0.2, 0.25) is 0 Å². The smallest absolute Gasteiger partial charge is 0.304 e. The number of piperazine rings is 1. The highest BCUT2D eigenvalue weighted by Gasteiger charge is 2.30. The minimum Gasteiger partial charge on any atom is -0.481 e. The molecule has 2 rings (SSSR count). The van der Waals surface area contributed by atoms with Crippen LogP contribution >= 0.6 is 0 Å². The van der Waals surface area contributed by atoms with E-state index in [0.29, 0.717) is 38.5 Å². The average molecular weight is 316 g/mol. The molecule has 1 fully saturated rings. The van der Waals surface area contributed by atoms with E-state index in [4.69, 9.17) is 5.11 Å². The fourth-order valence-electron chi connectivity index (χ4n) is 2.23. The van der Waals surface area contributed by atoms with Gasteiger partial charge >= 0.3 is 5.97 Å². The molecular weight excluding hydrogens is 296 g/mol. The lowest BCUT2D eigenvalue weighted by molar-refractivity contribution is -0.137. The Bertz CT molecular complexity index is 598. The van der Waals surface area contributed by atoms with E-state index < -0.39 is 16.0 Å². The zero-order chi connectivity index (χ0) is 15.6. The fraction of sp³-hybridized carbons (Fsp3) is 0.667. The van der Waals surface area contributed by atoms with Gasteiger partial charge in [0, 0.05) is 46.0 Å². The van der Waals surface area contributed by atoms with E-state index >= 15 is 0 Å². The highest BCUT2D eigenvalue weighted by Crippen LogP contribution is 2.16. The third-order valence-electron chi connectivity index (χ3n) is 3.66. The molecule has 1 aromatic heterocycles. The van der Waals surface area contributed by atoms with Crippen LogP contribution in [0.4, 0.5) is 0 Å². The van der Waals surface area contributed by atoms with Crippen molar-refractivity contribution in [2.75, 3.05) is 32.7 Å². The van der Waals surface area contributed by atoms with Gasteiger partial charge in [0.2, 0.25) is 0 Å². The number of carbonyl (C=O) groups is 1. The van der Waals surface area contributed by atoms with Crippen molar-refractivity contribution in [3.8, 4) is 0 Å². The number of carboxylic acids is 1. The van der Waals surface area contributed by atoms with E-state index in [9.17, 15) is 13.2 Å². The third kappa shape index (κ3) is 3.60. The Morgan fingerprint density at radius 1 is 1.33 bits per heavy atom. The zero-order valence-corrected chi connectivity index (χ0v) is 13.0. The first-order valence-corrected chi connectivity index (χ1v) is 8.19.